The molecule has 0 aliphatic carbocycles. The van der Waals surface area contributed by atoms with Crippen LogP contribution < -0.4 is 0 Å². The highest BCUT2D eigenvalue weighted by Crippen LogP contribution is 2.20. The molecule has 0 saturated carbocycles. The van der Waals surface area contributed by atoms with Crippen molar-refractivity contribution in [3.63, 3.8) is 0 Å². The monoisotopic (exact) mass is 215 g/mol. The standard InChI is InChI=1S/C13H13NS/c1-11-5-7-12(8-6-11)10-15-13-4-2-3-9-14-13/h2-9H,10H2,1H3. The summed E-state index contributed by atoms with van der Waals surface area (Å²) in [7, 11) is 0. The van der Waals surface area contributed by atoms with Crippen LogP contribution in [0.5, 0.6) is 0 Å². The lowest BCUT2D eigenvalue weighted by Gasteiger charge is -2.01. The van der Waals surface area contributed by atoms with Crippen LogP contribution >= 0.6 is 11.8 Å². The first-order valence-electron chi connectivity index (χ1n) is 4.94. The van der Waals surface area contributed by atoms with E-state index in [9.17, 15) is 0 Å². The summed E-state index contributed by atoms with van der Waals surface area (Å²) in [5, 5.41) is 1.08. The number of nitrogens with zero attached hydrogens (tertiary/aromatic N) is 1. The molecule has 2 rings (SSSR count). The van der Waals surface area contributed by atoms with Gasteiger partial charge in [0, 0.05) is 11.9 Å². The van der Waals surface area contributed by atoms with Gasteiger partial charge < -0.3 is 0 Å². The van der Waals surface area contributed by atoms with Crippen LogP contribution in [0.2, 0.25) is 0 Å². The highest BCUT2D eigenvalue weighted by Gasteiger charge is 1.96. The molecule has 1 nitrogen and oxygen atoms in total. The van der Waals surface area contributed by atoms with E-state index in [1.165, 1.54) is 11.1 Å². The van der Waals surface area contributed by atoms with E-state index in [1.54, 1.807) is 11.8 Å². The average Bonchev–Trinajstić information content (AvgIpc) is 2.30. The van der Waals surface area contributed by atoms with E-state index in [2.05, 4.69) is 36.2 Å². The summed E-state index contributed by atoms with van der Waals surface area (Å²) >= 11 is 1.77. The Morgan fingerprint density at radius 3 is 2.53 bits per heavy atom. The number of thioether (sulfide) groups is 1. The van der Waals surface area contributed by atoms with Crippen molar-refractivity contribution >= 4 is 11.8 Å². The van der Waals surface area contributed by atoms with Gasteiger partial charge in [0.1, 0.15) is 0 Å². The maximum atomic E-state index is 4.27. The molecule has 2 aromatic rings. The van der Waals surface area contributed by atoms with Gasteiger partial charge in [0.2, 0.25) is 0 Å². The lowest BCUT2D eigenvalue weighted by molar-refractivity contribution is 1.13. The zero-order valence-corrected chi connectivity index (χ0v) is 9.50. The van der Waals surface area contributed by atoms with Crippen molar-refractivity contribution < 1.29 is 0 Å². The van der Waals surface area contributed by atoms with Crippen molar-refractivity contribution in [3.8, 4) is 0 Å². The fraction of sp³-hybridized carbons (Fsp3) is 0.154. The van der Waals surface area contributed by atoms with Gasteiger partial charge in [0.05, 0.1) is 5.03 Å². The Kier molecular flexibility index (Phi) is 3.41. The molecule has 15 heavy (non-hydrogen) atoms. The van der Waals surface area contributed by atoms with Gasteiger partial charge in [-0.15, -0.1) is 11.8 Å². The molecule has 0 fully saturated rings. The predicted molar refractivity (Wildman–Crippen MR) is 65.0 cm³/mol. The normalized spacial score (nSPS) is 10.2. The number of rotatable bonds is 3. The Labute approximate surface area is 94.6 Å². The fourth-order valence-corrected chi connectivity index (χ4v) is 2.09. The van der Waals surface area contributed by atoms with E-state index in [4.69, 9.17) is 0 Å². The van der Waals surface area contributed by atoms with Crippen molar-refractivity contribution in [3.05, 3.63) is 59.8 Å². The Morgan fingerprint density at radius 1 is 1.07 bits per heavy atom. The minimum Gasteiger partial charge on any atom is -0.250 e. The maximum absolute atomic E-state index is 4.27. The first kappa shape index (κ1) is 10.2. The Morgan fingerprint density at radius 2 is 1.87 bits per heavy atom. The van der Waals surface area contributed by atoms with Crippen LogP contribution in [-0.4, -0.2) is 4.98 Å². The van der Waals surface area contributed by atoms with E-state index < -0.39 is 0 Å². The molecule has 0 aliphatic heterocycles. The van der Waals surface area contributed by atoms with Crippen molar-refractivity contribution in [2.75, 3.05) is 0 Å². The van der Waals surface area contributed by atoms with Crippen molar-refractivity contribution in [1.82, 2.24) is 4.98 Å². The third kappa shape index (κ3) is 3.10. The second-order valence-electron chi connectivity index (χ2n) is 3.44. The minimum absolute atomic E-state index is 0.983. The van der Waals surface area contributed by atoms with Gasteiger partial charge in [0.25, 0.3) is 0 Å². The quantitative estimate of drug-likeness (QED) is 0.724. The Balaban J connectivity index is 1.96. The molecule has 1 aromatic carbocycles. The molecule has 0 unspecified atom stereocenters. The zero-order chi connectivity index (χ0) is 10.5. The van der Waals surface area contributed by atoms with E-state index in [0.717, 1.165) is 10.8 Å². The molecule has 1 aromatic heterocycles. The summed E-state index contributed by atoms with van der Waals surface area (Å²) in [5.74, 6) is 0.983. The lowest BCUT2D eigenvalue weighted by Crippen LogP contribution is -1.82. The fourth-order valence-electron chi connectivity index (χ4n) is 1.27. The number of hydrogen-bond acceptors (Lipinski definition) is 2. The molecule has 0 atom stereocenters. The summed E-state index contributed by atoms with van der Waals surface area (Å²) < 4.78 is 0. The lowest BCUT2D eigenvalue weighted by atomic mass is 10.2. The van der Waals surface area contributed by atoms with Gasteiger partial charge in [0.15, 0.2) is 0 Å². The molecule has 1 heterocycles. The van der Waals surface area contributed by atoms with E-state index in [-0.39, 0.29) is 0 Å². The van der Waals surface area contributed by atoms with Crippen molar-refractivity contribution in [2.45, 2.75) is 17.7 Å². The SMILES string of the molecule is Cc1ccc(CSc2ccccn2)cc1. The van der Waals surface area contributed by atoms with Crippen LogP contribution in [0.3, 0.4) is 0 Å². The van der Waals surface area contributed by atoms with Gasteiger partial charge in [-0.05, 0) is 24.6 Å². The van der Waals surface area contributed by atoms with Crippen LogP contribution in [0, 0.1) is 6.92 Å². The van der Waals surface area contributed by atoms with Crippen LogP contribution in [-0.2, 0) is 5.75 Å². The van der Waals surface area contributed by atoms with Crippen molar-refractivity contribution in [2.24, 2.45) is 0 Å². The Hall–Kier alpha value is -1.28. The second kappa shape index (κ2) is 4.99. The van der Waals surface area contributed by atoms with Gasteiger partial charge in [-0.3, -0.25) is 0 Å². The summed E-state index contributed by atoms with van der Waals surface area (Å²) in [6.07, 6.45) is 1.83. The summed E-state index contributed by atoms with van der Waals surface area (Å²) in [6, 6.07) is 14.6. The molecule has 0 aliphatic rings. The van der Waals surface area contributed by atoms with E-state index >= 15 is 0 Å². The molecule has 0 spiro atoms. The number of aryl methyl sites for hydroxylation is 1. The van der Waals surface area contributed by atoms with Gasteiger partial charge in [-0.2, -0.15) is 0 Å². The van der Waals surface area contributed by atoms with Gasteiger partial charge >= 0.3 is 0 Å². The molecule has 0 radical (unpaired) electrons. The molecule has 0 bridgehead atoms. The summed E-state index contributed by atoms with van der Waals surface area (Å²) in [6.45, 7) is 2.11. The first-order valence-corrected chi connectivity index (χ1v) is 5.92. The molecule has 76 valence electrons. The Bertz CT molecular complexity index is 408. The molecular formula is C13H13NS. The van der Waals surface area contributed by atoms with Gasteiger partial charge in [-0.1, -0.05) is 35.9 Å². The first-order chi connectivity index (χ1) is 7.34. The third-order valence-corrected chi connectivity index (χ3v) is 3.16. The number of pyridine rings is 1. The maximum Gasteiger partial charge on any atom is 0.0963 e. The van der Waals surface area contributed by atoms with Crippen LogP contribution in [0.4, 0.5) is 0 Å². The average molecular weight is 215 g/mol. The largest absolute Gasteiger partial charge is 0.250 e. The minimum atomic E-state index is 0.983. The summed E-state index contributed by atoms with van der Waals surface area (Å²) in [5.41, 5.74) is 2.65. The van der Waals surface area contributed by atoms with Gasteiger partial charge in [-0.25, -0.2) is 4.98 Å². The molecule has 2 heteroatoms. The number of hydrogen-bond donors (Lipinski definition) is 0. The van der Waals surface area contributed by atoms with Crippen LogP contribution in [0.15, 0.2) is 53.7 Å². The zero-order valence-electron chi connectivity index (χ0n) is 8.68. The predicted octanol–water partition coefficient (Wildman–Crippen LogP) is 3.68. The van der Waals surface area contributed by atoms with Crippen molar-refractivity contribution in [1.29, 1.82) is 0 Å². The topological polar surface area (TPSA) is 12.9 Å². The third-order valence-electron chi connectivity index (χ3n) is 2.15. The number of benzene rings is 1. The molecular weight excluding hydrogens is 202 g/mol. The smallest absolute Gasteiger partial charge is 0.0963 e. The van der Waals surface area contributed by atoms with E-state index in [1.807, 2.05) is 24.4 Å². The molecule has 0 saturated heterocycles. The molecule has 0 amide bonds. The highest BCUT2D eigenvalue weighted by atomic mass is 32.2. The molecule has 0 N–H and O–H groups in total. The number of aromatic nitrogens is 1. The summed E-state index contributed by atoms with van der Waals surface area (Å²) in [4.78, 5) is 4.27. The van der Waals surface area contributed by atoms with E-state index in [0.29, 0.717) is 0 Å². The second-order valence-corrected chi connectivity index (χ2v) is 4.44. The highest BCUT2D eigenvalue weighted by molar-refractivity contribution is 7.98. The van der Waals surface area contributed by atoms with Crippen LogP contribution in [0.25, 0.3) is 0 Å². The van der Waals surface area contributed by atoms with Crippen LogP contribution in [0.1, 0.15) is 11.1 Å².